The van der Waals surface area contributed by atoms with Gasteiger partial charge in [-0.1, -0.05) is 6.07 Å². The van der Waals surface area contributed by atoms with Crippen LogP contribution in [0.1, 0.15) is 5.69 Å². The van der Waals surface area contributed by atoms with Crippen LogP contribution in [0.15, 0.2) is 24.4 Å². The molecule has 0 amide bonds. The summed E-state index contributed by atoms with van der Waals surface area (Å²) in [5.41, 5.74) is 1.19. The van der Waals surface area contributed by atoms with Gasteiger partial charge in [-0.15, -0.1) is 6.42 Å². The van der Waals surface area contributed by atoms with E-state index in [2.05, 4.69) is 5.92 Å². The first kappa shape index (κ1) is 10.0. The molecule has 0 radical (unpaired) electrons. The third kappa shape index (κ3) is 2.61. The Labute approximate surface area is 73.5 Å². The van der Waals surface area contributed by atoms with Gasteiger partial charge in [0.1, 0.15) is 0 Å². The molecule has 58 valence electrons. The first-order chi connectivity index (χ1) is 4.84. The zero-order valence-corrected chi connectivity index (χ0v) is 7.17. The molecule has 0 aromatic carbocycles. The lowest BCUT2D eigenvalue weighted by molar-refractivity contribution is -0.690. The monoisotopic (exact) mass is 167 g/mol. The van der Waals surface area contributed by atoms with E-state index in [0.717, 1.165) is 0 Å². The zero-order chi connectivity index (χ0) is 7.40. The van der Waals surface area contributed by atoms with E-state index in [4.69, 9.17) is 6.42 Å². The van der Waals surface area contributed by atoms with Gasteiger partial charge in [-0.3, -0.25) is 0 Å². The maximum atomic E-state index is 5.16. The van der Waals surface area contributed by atoms with Gasteiger partial charge in [-0.05, 0) is 5.92 Å². The number of terminal acetylenes is 1. The van der Waals surface area contributed by atoms with Crippen LogP contribution in [-0.2, 0) is 6.54 Å². The Morgan fingerprint density at radius 1 is 1.55 bits per heavy atom. The van der Waals surface area contributed by atoms with Crippen LogP contribution in [0, 0.1) is 19.3 Å². The number of rotatable bonds is 1. The molecule has 0 saturated heterocycles. The van der Waals surface area contributed by atoms with Gasteiger partial charge in [0, 0.05) is 19.1 Å². The SMILES string of the molecule is C#CC[n+]1ccccc1C.[Cl-]. The molecular formula is C9H10ClN. The summed E-state index contributed by atoms with van der Waals surface area (Å²) >= 11 is 0. The predicted octanol–water partition coefficient (Wildman–Crippen LogP) is -2.08. The molecule has 0 spiro atoms. The van der Waals surface area contributed by atoms with Crippen LogP contribution in [0.5, 0.6) is 0 Å². The van der Waals surface area contributed by atoms with E-state index in [-0.39, 0.29) is 12.4 Å². The molecule has 0 saturated carbocycles. The van der Waals surface area contributed by atoms with Crippen LogP contribution in [0.3, 0.4) is 0 Å². The fourth-order valence-electron chi connectivity index (χ4n) is 0.837. The van der Waals surface area contributed by atoms with Crippen molar-refractivity contribution in [3.05, 3.63) is 30.1 Å². The molecule has 0 aliphatic carbocycles. The van der Waals surface area contributed by atoms with Crippen molar-refractivity contribution in [3.63, 3.8) is 0 Å². The number of pyridine rings is 1. The number of halogens is 1. The average molecular weight is 168 g/mol. The molecule has 1 nitrogen and oxygen atoms in total. The highest BCUT2D eigenvalue weighted by atomic mass is 35.5. The molecule has 1 heterocycles. The molecule has 11 heavy (non-hydrogen) atoms. The third-order valence-electron chi connectivity index (χ3n) is 1.43. The van der Waals surface area contributed by atoms with Crippen LogP contribution in [-0.4, -0.2) is 0 Å². The summed E-state index contributed by atoms with van der Waals surface area (Å²) in [4.78, 5) is 0. The van der Waals surface area contributed by atoms with Gasteiger partial charge in [-0.25, -0.2) is 0 Å². The van der Waals surface area contributed by atoms with Crippen molar-refractivity contribution >= 4 is 0 Å². The van der Waals surface area contributed by atoms with E-state index >= 15 is 0 Å². The fourth-order valence-corrected chi connectivity index (χ4v) is 0.837. The van der Waals surface area contributed by atoms with Crippen molar-refractivity contribution < 1.29 is 17.0 Å². The van der Waals surface area contributed by atoms with Crippen LogP contribution in [0.2, 0.25) is 0 Å². The number of hydrogen-bond donors (Lipinski definition) is 0. The minimum absolute atomic E-state index is 0. The largest absolute Gasteiger partial charge is 1.00 e. The van der Waals surface area contributed by atoms with Crippen molar-refractivity contribution in [2.24, 2.45) is 0 Å². The average Bonchev–Trinajstić information content (AvgIpc) is 1.94. The summed E-state index contributed by atoms with van der Waals surface area (Å²) in [5, 5.41) is 0. The quantitative estimate of drug-likeness (QED) is 0.334. The normalized spacial score (nSPS) is 8.00. The number of nitrogens with zero attached hydrogens (tertiary/aromatic N) is 1. The molecule has 0 atom stereocenters. The van der Waals surface area contributed by atoms with Crippen molar-refractivity contribution in [1.82, 2.24) is 0 Å². The Bertz CT molecular complexity index is 263. The smallest absolute Gasteiger partial charge is 0.209 e. The molecule has 0 bridgehead atoms. The second-order valence-electron chi connectivity index (χ2n) is 2.17. The molecule has 0 N–H and O–H groups in total. The molecule has 0 aliphatic heterocycles. The van der Waals surface area contributed by atoms with Crippen molar-refractivity contribution in [1.29, 1.82) is 0 Å². The van der Waals surface area contributed by atoms with Gasteiger partial charge in [0.05, 0.1) is 0 Å². The maximum absolute atomic E-state index is 5.16. The summed E-state index contributed by atoms with van der Waals surface area (Å²) < 4.78 is 2.03. The first-order valence-corrected chi connectivity index (χ1v) is 3.23. The summed E-state index contributed by atoms with van der Waals surface area (Å²) in [7, 11) is 0. The Morgan fingerprint density at radius 2 is 2.27 bits per heavy atom. The second-order valence-corrected chi connectivity index (χ2v) is 2.17. The lowest BCUT2D eigenvalue weighted by Gasteiger charge is -1.92. The Morgan fingerprint density at radius 3 is 2.82 bits per heavy atom. The van der Waals surface area contributed by atoms with E-state index < -0.39 is 0 Å². The minimum Gasteiger partial charge on any atom is -1.00 e. The lowest BCUT2D eigenvalue weighted by Crippen LogP contribution is -3.00. The van der Waals surface area contributed by atoms with Gasteiger partial charge in [0.2, 0.25) is 6.54 Å². The fraction of sp³-hybridized carbons (Fsp3) is 0.222. The second kappa shape index (κ2) is 4.76. The van der Waals surface area contributed by atoms with Crippen molar-refractivity contribution in [3.8, 4) is 12.3 Å². The molecular weight excluding hydrogens is 158 g/mol. The van der Waals surface area contributed by atoms with Crippen molar-refractivity contribution in [2.75, 3.05) is 0 Å². The van der Waals surface area contributed by atoms with Crippen LogP contribution in [0.25, 0.3) is 0 Å². The van der Waals surface area contributed by atoms with E-state index in [1.807, 2.05) is 35.9 Å². The topological polar surface area (TPSA) is 3.88 Å². The van der Waals surface area contributed by atoms with Gasteiger partial charge >= 0.3 is 0 Å². The highest BCUT2D eigenvalue weighted by Crippen LogP contribution is 1.85. The van der Waals surface area contributed by atoms with E-state index in [0.29, 0.717) is 6.54 Å². The van der Waals surface area contributed by atoms with Crippen LogP contribution in [0.4, 0.5) is 0 Å². The standard InChI is InChI=1S/C9H10N.ClH/c1-3-7-10-8-5-4-6-9(10)2;/h1,4-6,8H,7H2,2H3;1H/q+1;/p-1. The van der Waals surface area contributed by atoms with Gasteiger partial charge in [0.25, 0.3) is 0 Å². The zero-order valence-electron chi connectivity index (χ0n) is 6.42. The minimum atomic E-state index is 0. The van der Waals surface area contributed by atoms with Gasteiger partial charge < -0.3 is 12.4 Å². The van der Waals surface area contributed by atoms with Crippen LogP contribution < -0.4 is 17.0 Å². The number of hydrogen-bond acceptors (Lipinski definition) is 0. The van der Waals surface area contributed by atoms with Crippen molar-refractivity contribution in [2.45, 2.75) is 13.5 Å². The van der Waals surface area contributed by atoms with E-state index in [9.17, 15) is 0 Å². The number of aromatic nitrogens is 1. The Balaban J connectivity index is 0.000001000. The lowest BCUT2D eigenvalue weighted by atomic mass is 10.3. The van der Waals surface area contributed by atoms with E-state index in [1.54, 1.807) is 0 Å². The summed E-state index contributed by atoms with van der Waals surface area (Å²) in [6, 6.07) is 6.02. The van der Waals surface area contributed by atoms with Gasteiger partial charge in [0.15, 0.2) is 11.9 Å². The highest BCUT2D eigenvalue weighted by Gasteiger charge is 1.98. The molecule has 2 heteroatoms. The summed E-state index contributed by atoms with van der Waals surface area (Å²) in [6.45, 7) is 2.70. The van der Waals surface area contributed by atoms with Gasteiger partial charge in [-0.2, -0.15) is 4.57 Å². The molecule has 0 aliphatic rings. The maximum Gasteiger partial charge on any atom is 0.209 e. The molecule has 1 aromatic heterocycles. The Hall–Kier alpha value is -1.00. The molecule has 0 unspecified atom stereocenters. The van der Waals surface area contributed by atoms with E-state index in [1.165, 1.54) is 5.69 Å². The highest BCUT2D eigenvalue weighted by molar-refractivity contribution is 4.94. The third-order valence-corrected chi connectivity index (χ3v) is 1.43. The Kier molecular flexibility index (Phi) is 4.33. The molecule has 1 rings (SSSR count). The predicted molar refractivity (Wildman–Crippen MR) is 40.2 cm³/mol. The first-order valence-electron chi connectivity index (χ1n) is 3.23. The number of aryl methyl sites for hydroxylation is 1. The summed E-state index contributed by atoms with van der Waals surface area (Å²) in [6.07, 6.45) is 7.14. The summed E-state index contributed by atoms with van der Waals surface area (Å²) in [5.74, 6) is 2.59. The van der Waals surface area contributed by atoms with Crippen LogP contribution >= 0.6 is 0 Å². The molecule has 1 aromatic rings. The molecule has 0 fully saturated rings.